The van der Waals surface area contributed by atoms with E-state index in [1.807, 2.05) is 24.3 Å². The molecule has 0 saturated heterocycles. The molecule has 6 heteroatoms. The van der Waals surface area contributed by atoms with Crippen molar-refractivity contribution in [3.63, 3.8) is 0 Å². The number of benzene rings is 1. The molecule has 0 aliphatic carbocycles. The summed E-state index contributed by atoms with van der Waals surface area (Å²) in [6.07, 6.45) is 1.20. The van der Waals surface area contributed by atoms with E-state index in [1.165, 1.54) is 0 Å². The molecule has 0 aromatic heterocycles. The molecule has 1 heterocycles. The van der Waals surface area contributed by atoms with Gasteiger partial charge in [0, 0.05) is 29.4 Å². The van der Waals surface area contributed by atoms with Gasteiger partial charge in [0.1, 0.15) is 9.84 Å². The van der Waals surface area contributed by atoms with Crippen LogP contribution in [0.5, 0.6) is 0 Å². The molecule has 1 amide bonds. The smallest absolute Gasteiger partial charge is 0.228 e. The number of fused-ring (bicyclic) bond motifs is 1. The zero-order valence-corrected chi connectivity index (χ0v) is 12.6. The first-order chi connectivity index (χ1) is 8.87. The van der Waals surface area contributed by atoms with Crippen LogP contribution in [0.2, 0.25) is 0 Å². The number of rotatable bonds is 3. The summed E-state index contributed by atoms with van der Waals surface area (Å²) < 4.78 is 22.3. The largest absolute Gasteiger partial charge is 0.310 e. The lowest BCUT2D eigenvalue weighted by molar-refractivity contribution is -0.118. The highest BCUT2D eigenvalue weighted by Crippen LogP contribution is 2.38. The minimum Gasteiger partial charge on any atom is -0.310 e. The standard InChI is InChI=1S/C13H17NO3S2/c1-10-9-14(13(15)7-8-19(2,16)17)11-5-3-4-6-12(11)18-10/h3-6,10H,7-9H2,1-2H3/t10-/m1/s1. The van der Waals surface area contributed by atoms with Crippen LogP contribution in [0, 0.1) is 0 Å². The lowest BCUT2D eigenvalue weighted by atomic mass is 10.2. The van der Waals surface area contributed by atoms with Crippen LogP contribution in [0.15, 0.2) is 29.2 Å². The molecule has 2 rings (SSSR count). The van der Waals surface area contributed by atoms with E-state index < -0.39 is 9.84 Å². The molecule has 0 saturated carbocycles. The first-order valence-electron chi connectivity index (χ1n) is 6.10. The number of carbonyl (C=O) groups excluding carboxylic acids is 1. The Kier molecular flexibility index (Phi) is 4.20. The number of hydrogen-bond acceptors (Lipinski definition) is 4. The van der Waals surface area contributed by atoms with Gasteiger partial charge in [-0.05, 0) is 12.1 Å². The molecule has 0 spiro atoms. The third kappa shape index (κ3) is 3.73. The highest BCUT2D eigenvalue weighted by Gasteiger charge is 2.26. The highest BCUT2D eigenvalue weighted by atomic mass is 32.2. The second kappa shape index (κ2) is 5.54. The summed E-state index contributed by atoms with van der Waals surface area (Å²) in [7, 11) is -3.10. The fourth-order valence-electron chi connectivity index (χ4n) is 2.03. The predicted molar refractivity (Wildman–Crippen MR) is 78.4 cm³/mol. The maximum Gasteiger partial charge on any atom is 0.228 e. The molecule has 1 aromatic rings. The van der Waals surface area contributed by atoms with Gasteiger partial charge in [0.15, 0.2) is 0 Å². The minimum atomic E-state index is -3.10. The Bertz CT molecular complexity index is 583. The molecule has 1 aliphatic heterocycles. The quantitative estimate of drug-likeness (QED) is 0.856. The molecule has 1 aliphatic rings. The normalized spacial score (nSPS) is 19.1. The molecular weight excluding hydrogens is 282 g/mol. The topological polar surface area (TPSA) is 54.5 Å². The van der Waals surface area contributed by atoms with Crippen LogP contribution in [0.4, 0.5) is 5.69 Å². The van der Waals surface area contributed by atoms with E-state index in [0.29, 0.717) is 11.8 Å². The van der Waals surface area contributed by atoms with Crippen LogP contribution < -0.4 is 4.90 Å². The summed E-state index contributed by atoms with van der Waals surface area (Å²) in [5, 5.41) is 0.317. The average Bonchev–Trinajstić information content (AvgIpc) is 2.34. The summed E-state index contributed by atoms with van der Waals surface area (Å²) in [5.41, 5.74) is 0.893. The van der Waals surface area contributed by atoms with Gasteiger partial charge in [-0.25, -0.2) is 8.42 Å². The van der Waals surface area contributed by atoms with E-state index in [-0.39, 0.29) is 18.1 Å². The molecule has 0 N–H and O–H groups in total. The fourth-order valence-corrected chi connectivity index (χ4v) is 3.69. The van der Waals surface area contributed by atoms with Crippen molar-refractivity contribution < 1.29 is 13.2 Å². The van der Waals surface area contributed by atoms with Gasteiger partial charge in [-0.1, -0.05) is 19.1 Å². The highest BCUT2D eigenvalue weighted by molar-refractivity contribution is 8.00. The van der Waals surface area contributed by atoms with Gasteiger partial charge in [-0.2, -0.15) is 0 Å². The van der Waals surface area contributed by atoms with Crippen molar-refractivity contribution in [3.8, 4) is 0 Å². The summed E-state index contributed by atoms with van der Waals surface area (Å²) >= 11 is 1.74. The summed E-state index contributed by atoms with van der Waals surface area (Å²) in [5.74, 6) is -0.212. The average molecular weight is 299 g/mol. The van der Waals surface area contributed by atoms with E-state index in [1.54, 1.807) is 16.7 Å². The second-order valence-electron chi connectivity index (χ2n) is 4.78. The van der Waals surface area contributed by atoms with Crippen molar-refractivity contribution in [2.45, 2.75) is 23.5 Å². The van der Waals surface area contributed by atoms with E-state index in [4.69, 9.17) is 0 Å². The molecule has 19 heavy (non-hydrogen) atoms. The third-order valence-electron chi connectivity index (χ3n) is 2.91. The summed E-state index contributed by atoms with van der Waals surface area (Å²) in [4.78, 5) is 15.0. The maximum atomic E-state index is 12.2. The van der Waals surface area contributed by atoms with Crippen LogP contribution >= 0.6 is 11.8 Å². The van der Waals surface area contributed by atoms with E-state index in [9.17, 15) is 13.2 Å². The Morgan fingerprint density at radius 2 is 2.11 bits per heavy atom. The number of para-hydroxylation sites is 1. The van der Waals surface area contributed by atoms with Crippen molar-refractivity contribution >= 4 is 33.2 Å². The zero-order valence-electron chi connectivity index (χ0n) is 11.0. The zero-order chi connectivity index (χ0) is 14.0. The van der Waals surface area contributed by atoms with Gasteiger partial charge in [-0.15, -0.1) is 11.8 Å². The first kappa shape index (κ1) is 14.4. The Morgan fingerprint density at radius 3 is 2.79 bits per heavy atom. The Hall–Kier alpha value is -1.01. The van der Waals surface area contributed by atoms with Crippen LogP contribution in [0.1, 0.15) is 13.3 Å². The predicted octanol–water partition coefficient (Wildman–Crippen LogP) is 1.95. The van der Waals surface area contributed by atoms with Crippen molar-refractivity contribution in [1.82, 2.24) is 0 Å². The van der Waals surface area contributed by atoms with Gasteiger partial charge < -0.3 is 4.90 Å². The van der Waals surface area contributed by atoms with Gasteiger partial charge in [0.2, 0.25) is 5.91 Å². The van der Waals surface area contributed by atoms with Crippen molar-refractivity contribution in [2.75, 3.05) is 23.5 Å². The second-order valence-corrected chi connectivity index (χ2v) is 8.52. The molecule has 0 bridgehead atoms. The Balaban J connectivity index is 2.18. The fraction of sp³-hybridized carbons (Fsp3) is 0.462. The van der Waals surface area contributed by atoms with Gasteiger partial charge >= 0.3 is 0 Å². The lowest BCUT2D eigenvalue weighted by Gasteiger charge is -2.32. The number of hydrogen-bond donors (Lipinski definition) is 0. The van der Waals surface area contributed by atoms with E-state index >= 15 is 0 Å². The number of carbonyl (C=O) groups is 1. The molecule has 1 atom stereocenters. The molecule has 4 nitrogen and oxygen atoms in total. The molecule has 1 aromatic carbocycles. The molecule has 0 radical (unpaired) electrons. The van der Waals surface area contributed by atoms with Crippen molar-refractivity contribution in [1.29, 1.82) is 0 Å². The van der Waals surface area contributed by atoms with Gasteiger partial charge in [-0.3, -0.25) is 4.79 Å². The Labute approximate surface area is 118 Å². The van der Waals surface area contributed by atoms with Crippen LogP contribution in [0.25, 0.3) is 0 Å². The molecule has 0 fully saturated rings. The number of anilines is 1. The van der Waals surface area contributed by atoms with E-state index in [0.717, 1.165) is 16.8 Å². The van der Waals surface area contributed by atoms with Crippen molar-refractivity contribution in [2.24, 2.45) is 0 Å². The van der Waals surface area contributed by atoms with Crippen LogP contribution in [0.3, 0.4) is 0 Å². The summed E-state index contributed by atoms with van der Waals surface area (Å²) in [6.45, 7) is 2.70. The number of nitrogens with zero attached hydrogens (tertiary/aromatic N) is 1. The summed E-state index contributed by atoms with van der Waals surface area (Å²) in [6, 6.07) is 7.74. The molecular formula is C13H17NO3S2. The monoisotopic (exact) mass is 299 g/mol. The maximum absolute atomic E-state index is 12.2. The Morgan fingerprint density at radius 1 is 1.42 bits per heavy atom. The third-order valence-corrected chi connectivity index (χ3v) is 5.01. The van der Waals surface area contributed by atoms with Crippen LogP contribution in [-0.2, 0) is 14.6 Å². The number of amides is 1. The van der Waals surface area contributed by atoms with Crippen molar-refractivity contribution in [3.05, 3.63) is 24.3 Å². The lowest BCUT2D eigenvalue weighted by Crippen LogP contribution is -2.39. The van der Waals surface area contributed by atoms with Gasteiger partial charge in [0.25, 0.3) is 0 Å². The minimum absolute atomic E-state index is 0.0462. The van der Waals surface area contributed by atoms with E-state index in [2.05, 4.69) is 6.92 Å². The molecule has 104 valence electrons. The molecule has 0 unspecified atom stereocenters. The van der Waals surface area contributed by atoms with Crippen LogP contribution in [-0.4, -0.2) is 38.1 Å². The first-order valence-corrected chi connectivity index (χ1v) is 9.04. The number of sulfone groups is 1. The van der Waals surface area contributed by atoms with Gasteiger partial charge in [0.05, 0.1) is 11.4 Å². The SMILES string of the molecule is C[C@@H]1CN(C(=O)CCS(C)(=O)=O)c2ccccc2S1. The number of thioether (sulfide) groups is 1.